The average Bonchev–Trinajstić information content (AvgIpc) is 2.47. The van der Waals surface area contributed by atoms with Gasteiger partial charge in [0.2, 0.25) is 5.91 Å². The van der Waals surface area contributed by atoms with Crippen molar-refractivity contribution in [3.05, 3.63) is 42.2 Å². The van der Waals surface area contributed by atoms with Gasteiger partial charge in [0.1, 0.15) is 6.07 Å². The first-order valence-electron chi connectivity index (χ1n) is 6.20. The predicted molar refractivity (Wildman–Crippen MR) is 71.0 cm³/mol. The van der Waals surface area contributed by atoms with Crippen LogP contribution in [0.5, 0.6) is 0 Å². The second-order valence-corrected chi connectivity index (χ2v) is 4.50. The van der Waals surface area contributed by atoms with Crippen molar-refractivity contribution >= 4 is 5.91 Å². The number of hydrogen-bond donors (Lipinski definition) is 0. The first-order chi connectivity index (χ1) is 9.22. The van der Waals surface area contributed by atoms with Crippen molar-refractivity contribution in [2.45, 2.75) is 6.54 Å². The number of carbonyl (C=O) groups excluding carboxylic acids is 1. The fourth-order valence-electron chi connectivity index (χ4n) is 2.15. The molecule has 1 saturated heterocycles. The number of piperazine rings is 1. The van der Waals surface area contributed by atoms with Crippen molar-refractivity contribution in [3.63, 3.8) is 0 Å². The number of nitriles is 1. The number of nitrogens with zero attached hydrogens (tertiary/aromatic N) is 4. The van der Waals surface area contributed by atoms with E-state index >= 15 is 0 Å². The van der Waals surface area contributed by atoms with Gasteiger partial charge in [-0.05, 0) is 17.7 Å². The van der Waals surface area contributed by atoms with Gasteiger partial charge in [-0.15, -0.1) is 0 Å². The van der Waals surface area contributed by atoms with Crippen LogP contribution < -0.4 is 0 Å². The fourth-order valence-corrected chi connectivity index (χ4v) is 2.15. The molecule has 0 aliphatic carbocycles. The van der Waals surface area contributed by atoms with Crippen molar-refractivity contribution in [1.29, 1.82) is 5.26 Å². The molecule has 1 fully saturated rings. The predicted octanol–water partition coefficient (Wildman–Crippen LogP) is 0.783. The Morgan fingerprint density at radius 3 is 2.79 bits per heavy atom. The molecule has 98 valence electrons. The van der Waals surface area contributed by atoms with Gasteiger partial charge >= 0.3 is 0 Å². The van der Waals surface area contributed by atoms with E-state index in [4.69, 9.17) is 5.26 Å². The van der Waals surface area contributed by atoms with E-state index in [1.165, 1.54) is 6.08 Å². The topological polar surface area (TPSA) is 60.2 Å². The maximum atomic E-state index is 11.5. The number of hydrogen-bond acceptors (Lipinski definition) is 4. The molecule has 1 amide bonds. The molecule has 0 spiro atoms. The Bertz CT molecular complexity index is 512. The zero-order valence-electron chi connectivity index (χ0n) is 10.7. The molecule has 2 heterocycles. The highest BCUT2D eigenvalue weighted by atomic mass is 16.2. The first-order valence-corrected chi connectivity index (χ1v) is 6.20. The van der Waals surface area contributed by atoms with E-state index in [0.717, 1.165) is 38.3 Å². The van der Waals surface area contributed by atoms with Gasteiger partial charge in [0.15, 0.2) is 0 Å². The van der Waals surface area contributed by atoms with E-state index in [2.05, 4.69) is 22.5 Å². The summed E-state index contributed by atoms with van der Waals surface area (Å²) >= 11 is 0. The van der Waals surface area contributed by atoms with Crippen LogP contribution in [0.4, 0.5) is 0 Å². The Morgan fingerprint density at radius 2 is 2.16 bits per heavy atom. The summed E-state index contributed by atoms with van der Waals surface area (Å²) in [6, 6.07) is 3.94. The Morgan fingerprint density at radius 1 is 1.42 bits per heavy atom. The van der Waals surface area contributed by atoms with Crippen LogP contribution in [-0.2, 0) is 11.3 Å². The second kappa shape index (κ2) is 6.12. The Kier molecular flexibility index (Phi) is 4.26. The number of amides is 1. The Balaban J connectivity index is 1.90. The normalized spacial score (nSPS) is 15.8. The molecule has 1 aromatic heterocycles. The van der Waals surface area contributed by atoms with Crippen molar-refractivity contribution in [3.8, 4) is 6.07 Å². The van der Waals surface area contributed by atoms with Gasteiger partial charge < -0.3 is 4.90 Å². The van der Waals surface area contributed by atoms with Crippen LogP contribution in [0, 0.1) is 11.3 Å². The lowest BCUT2D eigenvalue weighted by atomic mass is 10.2. The molecule has 0 atom stereocenters. The highest BCUT2D eigenvalue weighted by Gasteiger charge is 2.19. The molecule has 19 heavy (non-hydrogen) atoms. The number of pyridine rings is 1. The van der Waals surface area contributed by atoms with Crippen LogP contribution in [-0.4, -0.2) is 46.9 Å². The van der Waals surface area contributed by atoms with Gasteiger partial charge in [-0.25, -0.2) is 0 Å². The minimum atomic E-state index is -0.00667. The minimum Gasteiger partial charge on any atom is -0.337 e. The summed E-state index contributed by atoms with van der Waals surface area (Å²) in [7, 11) is 0. The van der Waals surface area contributed by atoms with Crippen molar-refractivity contribution < 1.29 is 4.79 Å². The molecule has 1 aliphatic heterocycles. The van der Waals surface area contributed by atoms with E-state index in [1.54, 1.807) is 17.3 Å². The summed E-state index contributed by atoms with van der Waals surface area (Å²) in [6.45, 7) is 7.36. The van der Waals surface area contributed by atoms with E-state index in [9.17, 15) is 4.79 Å². The molecular weight excluding hydrogens is 240 g/mol. The number of carbonyl (C=O) groups is 1. The summed E-state index contributed by atoms with van der Waals surface area (Å²) in [5.74, 6) is -0.00667. The van der Waals surface area contributed by atoms with Crippen molar-refractivity contribution in [2.75, 3.05) is 26.2 Å². The molecule has 1 aliphatic rings. The van der Waals surface area contributed by atoms with Crippen LogP contribution in [0.2, 0.25) is 0 Å². The first kappa shape index (κ1) is 13.2. The van der Waals surface area contributed by atoms with Crippen LogP contribution in [0.3, 0.4) is 0 Å². The third-order valence-corrected chi connectivity index (χ3v) is 3.19. The van der Waals surface area contributed by atoms with Gasteiger partial charge in [-0.2, -0.15) is 5.26 Å². The maximum absolute atomic E-state index is 11.5. The number of rotatable bonds is 3. The van der Waals surface area contributed by atoms with Gasteiger partial charge in [-0.3, -0.25) is 14.7 Å². The average molecular weight is 256 g/mol. The Labute approximate surface area is 112 Å². The van der Waals surface area contributed by atoms with Crippen LogP contribution in [0.1, 0.15) is 11.1 Å². The monoisotopic (exact) mass is 256 g/mol. The van der Waals surface area contributed by atoms with E-state index in [-0.39, 0.29) is 5.91 Å². The maximum Gasteiger partial charge on any atom is 0.246 e. The van der Waals surface area contributed by atoms with E-state index in [1.807, 2.05) is 6.07 Å². The van der Waals surface area contributed by atoms with Crippen molar-refractivity contribution in [2.24, 2.45) is 0 Å². The molecule has 0 bridgehead atoms. The number of aromatic nitrogens is 1. The third-order valence-electron chi connectivity index (χ3n) is 3.19. The third kappa shape index (κ3) is 3.39. The highest BCUT2D eigenvalue weighted by Crippen LogP contribution is 2.09. The van der Waals surface area contributed by atoms with E-state index in [0.29, 0.717) is 5.56 Å². The molecule has 0 saturated carbocycles. The van der Waals surface area contributed by atoms with Crippen LogP contribution in [0.15, 0.2) is 31.1 Å². The van der Waals surface area contributed by atoms with Crippen LogP contribution >= 0.6 is 0 Å². The second-order valence-electron chi connectivity index (χ2n) is 4.50. The zero-order chi connectivity index (χ0) is 13.7. The summed E-state index contributed by atoms with van der Waals surface area (Å²) in [5, 5.41) is 8.83. The minimum absolute atomic E-state index is 0.00667. The summed E-state index contributed by atoms with van der Waals surface area (Å²) in [5.41, 5.74) is 1.61. The molecule has 0 aromatic carbocycles. The lowest BCUT2D eigenvalue weighted by molar-refractivity contribution is -0.127. The lowest BCUT2D eigenvalue weighted by Gasteiger charge is -2.34. The van der Waals surface area contributed by atoms with Gasteiger partial charge in [0, 0.05) is 45.1 Å². The largest absolute Gasteiger partial charge is 0.337 e. The van der Waals surface area contributed by atoms with Crippen LogP contribution in [0.25, 0.3) is 0 Å². The molecular formula is C14H16N4O. The van der Waals surface area contributed by atoms with Gasteiger partial charge in [0.25, 0.3) is 0 Å². The van der Waals surface area contributed by atoms with Gasteiger partial charge in [-0.1, -0.05) is 6.58 Å². The van der Waals surface area contributed by atoms with E-state index < -0.39 is 0 Å². The highest BCUT2D eigenvalue weighted by molar-refractivity contribution is 5.87. The summed E-state index contributed by atoms with van der Waals surface area (Å²) in [4.78, 5) is 19.6. The fraction of sp³-hybridized carbons (Fsp3) is 0.357. The lowest BCUT2D eigenvalue weighted by Crippen LogP contribution is -2.47. The van der Waals surface area contributed by atoms with Crippen molar-refractivity contribution in [1.82, 2.24) is 14.8 Å². The summed E-state index contributed by atoms with van der Waals surface area (Å²) < 4.78 is 0. The molecule has 5 nitrogen and oxygen atoms in total. The zero-order valence-corrected chi connectivity index (χ0v) is 10.7. The molecule has 0 radical (unpaired) electrons. The smallest absolute Gasteiger partial charge is 0.246 e. The molecule has 0 unspecified atom stereocenters. The Hall–Kier alpha value is -2.19. The quantitative estimate of drug-likeness (QED) is 0.750. The van der Waals surface area contributed by atoms with Gasteiger partial charge in [0.05, 0.1) is 5.56 Å². The molecule has 5 heteroatoms. The molecule has 2 rings (SSSR count). The molecule has 0 N–H and O–H groups in total. The standard InChI is InChI=1S/C14H16N4O/c1-2-14(19)18-5-3-17(4-6-18)11-13-7-12(8-15)9-16-10-13/h2,7,9-10H,1,3-6,11H2. The SMILES string of the molecule is C=CC(=O)N1CCN(Cc2cncc(C#N)c2)CC1. The molecule has 1 aromatic rings. The summed E-state index contributed by atoms with van der Waals surface area (Å²) in [6.07, 6.45) is 4.70.